The Labute approximate surface area is 43.0 Å². The van der Waals surface area contributed by atoms with Gasteiger partial charge >= 0.3 is 0 Å². The molecule has 2 N–H and O–H groups in total. The Morgan fingerprint density at radius 1 is 1.86 bits per heavy atom. The molecule has 2 radical (unpaired) electrons. The fraction of sp³-hybridized carbons (Fsp3) is 0.333. The van der Waals surface area contributed by atoms with Gasteiger partial charge in [-0.2, -0.15) is 0 Å². The SMILES string of the molecule is [B]C(=O)NC(C)=N. The minimum Gasteiger partial charge on any atom is -0.325 e. The van der Waals surface area contributed by atoms with Crippen molar-refractivity contribution < 1.29 is 4.79 Å². The van der Waals surface area contributed by atoms with E-state index in [0.29, 0.717) is 0 Å². The molecule has 7 heavy (non-hydrogen) atoms. The van der Waals surface area contributed by atoms with Gasteiger partial charge in [0.2, 0.25) is 7.85 Å². The first kappa shape index (κ1) is 6.20. The molecule has 3 nitrogen and oxygen atoms in total. The van der Waals surface area contributed by atoms with Crippen molar-refractivity contribution >= 4 is 19.5 Å². The van der Waals surface area contributed by atoms with E-state index in [0.717, 1.165) is 0 Å². The summed E-state index contributed by atoms with van der Waals surface area (Å²) in [5.41, 5.74) is 0. The number of carbonyl (C=O) groups is 1. The number of rotatable bonds is 0. The van der Waals surface area contributed by atoms with E-state index < -0.39 is 5.81 Å². The highest BCUT2D eigenvalue weighted by atomic mass is 16.1. The number of hydrogen-bond acceptors (Lipinski definition) is 2. The minimum absolute atomic E-state index is 0.0625. The van der Waals surface area contributed by atoms with Crippen LogP contribution in [0, 0.1) is 5.41 Å². The number of hydrogen-bond donors (Lipinski definition) is 2. The van der Waals surface area contributed by atoms with E-state index in [4.69, 9.17) is 5.41 Å². The third kappa shape index (κ3) is 5.20. The lowest BCUT2D eigenvalue weighted by molar-refractivity contribution is 0.263. The quantitative estimate of drug-likeness (QED) is 0.246. The van der Waals surface area contributed by atoms with Gasteiger partial charge in [0.1, 0.15) is 0 Å². The van der Waals surface area contributed by atoms with Gasteiger partial charge in [0, 0.05) is 0 Å². The summed E-state index contributed by atoms with van der Waals surface area (Å²) in [7, 11) is 4.60. The lowest BCUT2D eigenvalue weighted by Crippen LogP contribution is -2.25. The zero-order valence-corrected chi connectivity index (χ0v) is 3.99. The predicted octanol–water partition coefficient (Wildman–Crippen LogP) is -0.138. The Bertz CT molecular complexity index is 89.1. The third-order valence-electron chi connectivity index (χ3n) is 0.311. The van der Waals surface area contributed by atoms with Crippen LogP contribution in [0.3, 0.4) is 0 Å². The summed E-state index contributed by atoms with van der Waals surface area (Å²) in [5.74, 6) is -0.625. The zero-order valence-electron chi connectivity index (χ0n) is 3.99. The maximum atomic E-state index is 9.78. The van der Waals surface area contributed by atoms with Crippen LogP contribution in [0.1, 0.15) is 6.92 Å². The van der Waals surface area contributed by atoms with Gasteiger partial charge in [0.25, 0.3) is 0 Å². The summed E-state index contributed by atoms with van der Waals surface area (Å²) in [6, 6.07) is 0. The third-order valence-corrected chi connectivity index (χ3v) is 0.311. The lowest BCUT2D eigenvalue weighted by Gasteiger charge is -1.92. The minimum atomic E-state index is -0.688. The molecule has 0 saturated heterocycles. The molecular weight excluding hydrogens is 90.9 g/mol. The van der Waals surface area contributed by atoms with Gasteiger partial charge in [-0.25, -0.2) is 0 Å². The van der Waals surface area contributed by atoms with Crippen LogP contribution in [0.15, 0.2) is 0 Å². The van der Waals surface area contributed by atoms with E-state index in [-0.39, 0.29) is 5.84 Å². The topological polar surface area (TPSA) is 53.0 Å². The number of carbonyl (C=O) groups excluding carboxylic acids is 1. The maximum absolute atomic E-state index is 9.78. The van der Waals surface area contributed by atoms with Gasteiger partial charge in [-0.3, -0.25) is 10.2 Å². The molecule has 0 aliphatic carbocycles. The molecule has 0 bridgehead atoms. The first-order valence-electron chi connectivity index (χ1n) is 1.74. The largest absolute Gasteiger partial charge is 0.325 e. The Hall–Kier alpha value is -0.795. The molecule has 0 rings (SSSR count). The molecule has 36 valence electrons. The molecule has 0 saturated carbocycles. The van der Waals surface area contributed by atoms with Crippen LogP contribution in [-0.2, 0) is 0 Å². The van der Waals surface area contributed by atoms with E-state index in [1.165, 1.54) is 6.92 Å². The predicted molar refractivity (Wildman–Crippen MR) is 27.7 cm³/mol. The van der Waals surface area contributed by atoms with Crippen molar-refractivity contribution in [2.45, 2.75) is 6.92 Å². The molecule has 0 aliphatic heterocycles. The average Bonchev–Trinajstić information content (AvgIpc) is 1.27. The van der Waals surface area contributed by atoms with Crippen LogP contribution in [-0.4, -0.2) is 19.5 Å². The summed E-state index contributed by atoms with van der Waals surface area (Å²) in [6.07, 6.45) is 0. The molecule has 0 fully saturated rings. The van der Waals surface area contributed by atoms with E-state index in [1.54, 1.807) is 0 Å². The van der Waals surface area contributed by atoms with Crippen molar-refractivity contribution in [2.75, 3.05) is 0 Å². The normalized spacial score (nSPS) is 7.57. The Balaban J connectivity index is 3.32. The van der Waals surface area contributed by atoms with Crippen LogP contribution in [0.2, 0.25) is 0 Å². The molecule has 0 aromatic rings. The highest BCUT2D eigenvalue weighted by Crippen LogP contribution is 1.59. The second kappa shape index (κ2) is 2.39. The summed E-state index contributed by atoms with van der Waals surface area (Å²) < 4.78 is 0. The molecule has 0 heterocycles. The van der Waals surface area contributed by atoms with Crippen LogP contribution in [0.25, 0.3) is 0 Å². The standard InChI is InChI=1S/C3H5BN2O/c1-2(5)6-3(4)7/h1H3,(H2,5,6,7). The molecule has 0 spiro atoms. The maximum Gasteiger partial charge on any atom is 0.201 e. The number of amidine groups is 1. The van der Waals surface area contributed by atoms with Gasteiger partial charge in [0.15, 0.2) is 5.81 Å². The van der Waals surface area contributed by atoms with Gasteiger partial charge in [-0.1, -0.05) is 0 Å². The highest BCUT2D eigenvalue weighted by molar-refractivity contribution is 6.58. The van der Waals surface area contributed by atoms with Crippen LogP contribution in [0.4, 0.5) is 4.79 Å². The van der Waals surface area contributed by atoms with Crippen molar-refractivity contribution in [1.29, 1.82) is 5.41 Å². The van der Waals surface area contributed by atoms with E-state index in [1.807, 2.05) is 5.32 Å². The molecule has 0 aromatic heterocycles. The second-order valence-electron chi connectivity index (χ2n) is 1.11. The summed E-state index contributed by atoms with van der Waals surface area (Å²) >= 11 is 0. The van der Waals surface area contributed by atoms with Gasteiger partial charge < -0.3 is 5.32 Å². The zero-order chi connectivity index (χ0) is 5.86. The van der Waals surface area contributed by atoms with Crippen LogP contribution >= 0.6 is 0 Å². The average molecular weight is 95.9 g/mol. The summed E-state index contributed by atoms with van der Waals surface area (Å²) in [5, 5.41) is 8.64. The Morgan fingerprint density at radius 3 is 2.29 bits per heavy atom. The summed E-state index contributed by atoms with van der Waals surface area (Å²) in [6.45, 7) is 1.44. The fourth-order valence-electron chi connectivity index (χ4n) is 0.185. The fourth-order valence-corrected chi connectivity index (χ4v) is 0.185. The molecule has 4 heteroatoms. The van der Waals surface area contributed by atoms with Crippen molar-refractivity contribution in [2.24, 2.45) is 0 Å². The van der Waals surface area contributed by atoms with Crippen molar-refractivity contribution in [1.82, 2.24) is 5.32 Å². The molecular formula is C3H5BN2O. The molecule has 0 aliphatic rings. The lowest BCUT2D eigenvalue weighted by atomic mass is 10.1. The van der Waals surface area contributed by atoms with Crippen molar-refractivity contribution in [3.63, 3.8) is 0 Å². The monoisotopic (exact) mass is 96.0 g/mol. The molecule has 0 aromatic carbocycles. The Kier molecular flexibility index (Phi) is 2.12. The Morgan fingerprint density at radius 2 is 2.29 bits per heavy atom. The van der Waals surface area contributed by atoms with Gasteiger partial charge in [-0.05, 0) is 6.92 Å². The molecule has 1 amide bonds. The van der Waals surface area contributed by atoms with Crippen LogP contribution in [0.5, 0.6) is 0 Å². The van der Waals surface area contributed by atoms with Gasteiger partial charge in [0.05, 0.1) is 5.84 Å². The smallest absolute Gasteiger partial charge is 0.201 e. The van der Waals surface area contributed by atoms with E-state index in [9.17, 15) is 4.79 Å². The molecule has 0 unspecified atom stereocenters. The number of nitrogens with one attached hydrogen (secondary N) is 2. The molecule has 0 atom stereocenters. The number of amides is 1. The van der Waals surface area contributed by atoms with Crippen LogP contribution < -0.4 is 5.32 Å². The van der Waals surface area contributed by atoms with Crippen molar-refractivity contribution in [3.8, 4) is 0 Å². The second-order valence-corrected chi connectivity index (χ2v) is 1.11. The highest BCUT2D eigenvalue weighted by Gasteiger charge is 1.86. The summed E-state index contributed by atoms with van der Waals surface area (Å²) in [4.78, 5) is 9.78. The first-order valence-corrected chi connectivity index (χ1v) is 1.74. The van der Waals surface area contributed by atoms with E-state index >= 15 is 0 Å². The van der Waals surface area contributed by atoms with Crippen molar-refractivity contribution in [3.05, 3.63) is 0 Å². The van der Waals surface area contributed by atoms with E-state index in [2.05, 4.69) is 7.85 Å². The first-order chi connectivity index (χ1) is 3.13. The van der Waals surface area contributed by atoms with Gasteiger partial charge in [-0.15, -0.1) is 0 Å².